The first-order chi connectivity index (χ1) is 17.3. The van der Waals surface area contributed by atoms with Crippen molar-refractivity contribution in [2.45, 2.75) is 51.7 Å². The van der Waals surface area contributed by atoms with Crippen LogP contribution in [0.1, 0.15) is 32.3 Å². The molecule has 3 aromatic rings. The predicted octanol–water partition coefficient (Wildman–Crippen LogP) is 3.79. The number of nitrogens with one attached hydrogen (secondary N) is 1. The number of halogens is 1. The van der Waals surface area contributed by atoms with E-state index in [-0.39, 0.29) is 25.6 Å². The number of hydrogen-bond donors (Lipinski definition) is 1. The van der Waals surface area contributed by atoms with Crippen molar-refractivity contribution < 1.29 is 14.2 Å². The molecule has 2 aliphatic rings. The second kappa shape index (κ2) is 10.1. The molecule has 190 valence electrons. The van der Waals surface area contributed by atoms with Crippen LogP contribution in [0, 0.1) is 5.92 Å². The van der Waals surface area contributed by atoms with Gasteiger partial charge < -0.3 is 19.5 Å². The van der Waals surface area contributed by atoms with Gasteiger partial charge in [0.05, 0.1) is 26.3 Å². The Morgan fingerprint density at radius 1 is 1.08 bits per heavy atom. The average molecular weight is 513 g/mol. The molecule has 0 spiro atoms. The Labute approximate surface area is 213 Å². The molecular formula is C26H29ClN4O5. The third kappa shape index (κ3) is 5.98. The van der Waals surface area contributed by atoms with Crippen LogP contribution < -0.4 is 21.4 Å². The Kier molecular flexibility index (Phi) is 6.87. The minimum atomic E-state index is -0.764. The number of nitrogens with zero attached hydrogens (tertiary/aromatic N) is 3. The number of ether oxygens (including phenoxy) is 3. The van der Waals surface area contributed by atoms with Crippen molar-refractivity contribution in [1.29, 1.82) is 0 Å². The van der Waals surface area contributed by atoms with Gasteiger partial charge in [-0.15, -0.1) is 0 Å². The second-order valence-electron chi connectivity index (χ2n) is 9.68. The lowest BCUT2D eigenvalue weighted by molar-refractivity contribution is -0.139. The lowest BCUT2D eigenvalue weighted by Crippen LogP contribution is -2.45. The highest BCUT2D eigenvalue weighted by atomic mass is 35.5. The first-order valence-electron chi connectivity index (χ1n) is 12.0. The number of hydrogen-bond acceptors (Lipinski definition) is 7. The summed E-state index contributed by atoms with van der Waals surface area (Å²) < 4.78 is 19.7. The van der Waals surface area contributed by atoms with Crippen LogP contribution in [0.2, 0.25) is 5.02 Å². The second-order valence-corrected chi connectivity index (χ2v) is 10.1. The molecule has 1 aliphatic carbocycles. The van der Waals surface area contributed by atoms with Gasteiger partial charge in [0, 0.05) is 10.7 Å². The van der Waals surface area contributed by atoms with Crippen molar-refractivity contribution in [3.63, 3.8) is 0 Å². The Balaban J connectivity index is 1.43. The third-order valence-corrected chi connectivity index (χ3v) is 6.40. The predicted molar refractivity (Wildman–Crippen MR) is 136 cm³/mol. The van der Waals surface area contributed by atoms with Crippen LogP contribution >= 0.6 is 11.6 Å². The lowest BCUT2D eigenvalue weighted by Gasteiger charge is -2.19. The monoisotopic (exact) mass is 512 g/mol. The van der Waals surface area contributed by atoms with E-state index >= 15 is 0 Å². The molecule has 2 fully saturated rings. The number of aromatic nitrogens is 3. The summed E-state index contributed by atoms with van der Waals surface area (Å²) >= 11 is 6.03. The van der Waals surface area contributed by atoms with Gasteiger partial charge in [-0.25, -0.2) is 14.2 Å². The molecule has 0 bridgehead atoms. The number of rotatable bonds is 9. The minimum Gasteiger partial charge on any atom is -0.493 e. The summed E-state index contributed by atoms with van der Waals surface area (Å²) in [5, 5.41) is 3.72. The number of anilines is 2. The van der Waals surface area contributed by atoms with E-state index < -0.39 is 23.3 Å². The van der Waals surface area contributed by atoms with Gasteiger partial charge in [0.25, 0.3) is 0 Å². The van der Waals surface area contributed by atoms with Gasteiger partial charge in [-0.1, -0.05) is 23.7 Å². The summed E-state index contributed by atoms with van der Waals surface area (Å²) in [5.41, 5.74) is 0.358. The largest absolute Gasteiger partial charge is 0.493 e. The summed E-state index contributed by atoms with van der Waals surface area (Å²) in [6.07, 6.45) is 2.01. The fourth-order valence-corrected chi connectivity index (χ4v) is 4.14. The summed E-state index contributed by atoms with van der Waals surface area (Å²) in [6, 6.07) is 14.5. The smallest absolute Gasteiger partial charge is 0.355 e. The highest BCUT2D eigenvalue weighted by Crippen LogP contribution is 2.30. The first-order valence-corrected chi connectivity index (χ1v) is 12.4. The van der Waals surface area contributed by atoms with Crippen LogP contribution in [-0.2, 0) is 22.6 Å². The molecule has 0 unspecified atom stereocenters. The highest BCUT2D eigenvalue weighted by Gasteiger charge is 2.33. The molecule has 1 saturated heterocycles. The minimum absolute atomic E-state index is 0.0437. The zero-order chi connectivity index (χ0) is 25.3. The van der Waals surface area contributed by atoms with Crippen LogP contribution in [0.5, 0.6) is 5.75 Å². The van der Waals surface area contributed by atoms with Gasteiger partial charge in [-0.05, 0) is 74.6 Å². The van der Waals surface area contributed by atoms with Gasteiger partial charge in [0.15, 0.2) is 5.79 Å². The van der Waals surface area contributed by atoms with E-state index in [1.807, 2.05) is 36.4 Å². The Morgan fingerprint density at radius 3 is 2.44 bits per heavy atom. The van der Waals surface area contributed by atoms with E-state index in [0.717, 1.165) is 22.5 Å². The van der Waals surface area contributed by atoms with Crippen molar-refractivity contribution >= 4 is 23.2 Å². The van der Waals surface area contributed by atoms with Crippen molar-refractivity contribution in [2.75, 3.05) is 18.5 Å². The summed E-state index contributed by atoms with van der Waals surface area (Å²) in [7, 11) is 0. The molecule has 1 saturated carbocycles. The molecule has 9 nitrogen and oxygen atoms in total. The zero-order valence-corrected chi connectivity index (χ0v) is 21.0. The fourth-order valence-electron chi connectivity index (χ4n) is 4.01. The van der Waals surface area contributed by atoms with E-state index in [2.05, 4.69) is 10.3 Å². The van der Waals surface area contributed by atoms with Crippen molar-refractivity contribution in [3.05, 3.63) is 80.1 Å². The molecule has 1 atom stereocenters. The van der Waals surface area contributed by atoms with Crippen LogP contribution in [0.4, 0.5) is 11.6 Å². The molecule has 0 amide bonds. The van der Waals surface area contributed by atoms with E-state index in [1.54, 1.807) is 26.0 Å². The molecular weight excluding hydrogens is 484 g/mol. The molecule has 36 heavy (non-hydrogen) atoms. The van der Waals surface area contributed by atoms with Crippen LogP contribution in [-0.4, -0.2) is 39.2 Å². The van der Waals surface area contributed by atoms with Crippen LogP contribution in [0.25, 0.3) is 0 Å². The quantitative estimate of drug-likeness (QED) is 0.466. The maximum atomic E-state index is 13.5. The average Bonchev–Trinajstić information content (AvgIpc) is 3.61. The van der Waals surface area contributed by atoms with Crippen molar-refractivity contribution in [1.82, 2.24) is 14.1 Å². The molecule has 2 aromatic carbocycles. The Morgan fingerprint density at radius 2 is 1.81 bits per heavy atom. The summed E-state index contributed by atoms with van der Waals surface area (Å²) in [4.78, 5) is 30.7. The zero-order valence-electron chi connectivity index (χ0n) is 20.3. The van der Waals surface area contributed by atoms with Crippen molar-refractivity contribution in [3.8, 4) is 5.75 Å². The van der Waals surface area contributed by atoms with E-state index in [0.29, 0.717) is 16.6 Å². The van der Waals surface area contributed by atoms with Crippen LogP contribution in [0.3, 0.4) is 0 Å². The summed E-state index contributed by atoms with van der Waals surface area (Å²) in [5.74, 6) is 0.816. The molecule has 2 heterocycles. The molecule has 0 radical (unpaired) electrons. The summed E-state index contributed by atoms with van der Waals surface area (Å²) in [6.45, 7) is 4.83. The normalized spacial score (nSPS) is 18.8. The van der Waals surface area contributed by atoms with E-state index in [4.69, 9.17) is 25.8 Å². The van der Waals surface area contributed by atoms with Gasteiger partial charge in [0.1, 0.15) is 11.9 Å². The van der Waals surface area contributed by atoms with Crippen molar-refractivity contribution in [2.24, 2.45) is 5.92 Å². The van der Waals surface area contributed by atoms with Gasteiger partial charge in [-0.3, -0.25) is 4.57 Å². The third-order valence-electron chi connectivity index (χ3n) is 6.15. The van der Waals surface area contributed by atoms with Gasteiger partial charge in [-0.2, -0.15) is 4.98 Å². The molecule has 1 N–H and O–H groups in total. The lowest BCUT2D eigenvalue weighted by atomic mass is 10.2. The number of benzene rings is 2. The standard InChI is InChI=1S/C26H29ClN4O5/c1-26(2)35-16-22(36-26)14-31-24(32)29-23(30(25(31)33)13-17-5-7-19(27)8-6-17)28-20-9-11-21(12-10-20)34-15-18-3-4-18/h5-12,18,22H,3-4,13-16H2,1-2H3,(H,28,29,32)/t22-/m0/s1. The van der Waals surface area contributed by atoms with Gasteiger partial charge >= 0.3 is 11.4 Å². The van der Waals surface area contributed by atoms with E-state index in [1.165, 1.54) is 17.4 Å². The SMILES string of the molecule is CC1(C)OC[C@H](Cn2c(=O)nc(Nc3ccc(OCC4CC4)cc3)n(Cc3ccc(Cl)cc3)c2=O)O1. The van der Waals surface area contributed by atoms with Crippen LogP contribution in [0.15, 0.2) is 58.1 Å². The first kappa shape index (κ1) is 24.5. The van der Waals surface area contributed by atoms with Gasteiger partial charge in [0.2, 0.25) is 5.95 Å². The topological polar surface area (TPSA) is 96.6 Å². The maximum Gasteiger partial charge on any atom is 0.355 e. The fraction of sp³-hybridized carbons (Fsp3) is 0.423. The maximum absolute atomic E-state index is 13.5. The molecule has 1 aromatic heterocycles. The molecule has 5 rings (SSSR count). The molecule has 10 heteroatoms. The Hall–Kier alpha value is -3.14. The van der Waals surface area contributed by atoms with E-state index in [9.17, 15) is 9.59 Å². The molecule has 1 aliphatic heterocycles. The highest BCUT2D eigenvalue weighted by molar-refractivity contribution is 6.30. The Bertz CT molecular complexity index is 1330.